The number of carbonyl (C=O) groups is 2. The second-order valence-corrected chi connectivity index (χ2v) is 7.93. The first kappa shape index (κ1) is 19.3. The summed E-state index contributed by atoms with van der Waals surface area (Å²) in [7, 11) is 0. The quantitative estimate of drug-likeness (QED) is 0.593. The normalized spacial score (nSPS) is 13.1. The maximum Gasteiger partial charge on any atom is 0.255 e. The average Bonchev–Trinajstić information content (AvgIpc) is 3.39. The van der Waals surface area contributed by atoms with Gasteiger partial charge in [-0.05, 0) is 54.3 Å². The smallest absolute Gasteiger partial charge is 0.255 e. The number of anilines is 2. The Morgan fingerprint density at radius 3 is 2.76 bits per heavy atom. The molecule has 1 fully saturated rings. The molecule has 1 aliphatic heterocycles. The van der Waals surface area contributed by atoms with E-state index in [9.17, 15) is 9.59 Å². The maximum absolute atomic E-state index is 12.7. The fourth-order valence-corrected chi connectivity index (χ4v) is 3.92. The Morgan fingerprint density at radius 1 is 1.10 bits per heavy atom. The van der Waals surface area contributed by atoms with Crippen LogP contribution in [0.1, 0.15) is 33.6 Å². The number of hydrogen-bond donors (Lipinski definition) is 1. The predicted octanol–water partition coefficient (Wildman–Crippen LogP) is 5.18. The molecule has 0 bridgehead atoms. The van der Waals surface area contributed by atoms with Gasteiger partial charge in [0.05, 0.1) is 15.6 Å². The van der Waals surface area contributed by atoms with Crippen molar-refractivity contribution in [3.8, 4) is 11.8 Å². The van der Waals surface area contributed by atoms with Crippen LogP contribution in [0.25, 0.3) is 0 Å². The van der Waals surface area contributed by atoms with Crippen molar-refractivity contribution in [2.24, 2.45) is 0 Å². The zero-order valence-electron chi connectivity index (χ0n) is 15.4. The van der Waals surface area contributed by atoms with Crippen molar-refractivity contribution in [1.82, 2.24) is 0 Å². The Morgan fingerprint density at radius 2 is 2.00 bits per heavy atom. The molecule has 0 aliphatic carbocycles. The summed E-state index contributed by atoms with van der Waals surface area (Å²) in [6.45, 7) is 0.620. The number of rotatable bonds is 3. The Labute approximate surface area is 178 Å². The Balaban J connectivity index is 1.52. The third-order valence-electron chi connectivity index (χ3n) is 4.54. The van der Waals surface area contributed by atoms with Crippen LogP contribution in [0.3, 0.4) is 0 Å². The molecule has 6 heteroatoms. The molecule has 2 heterocycles. The summed E-state index contributed by atoms with van der Waals surface area (Å²) in [5.41, 5.74) is 2.49. The lowest BCUT2D eigenvalue weighted by atomic mass is 10.1. The minimum Gasteiger partial charge on any atom is -0.322 e. The number of thiophene rings is 1. The Hall–Kier alpha value is -3.07. The van der Waals surface area contributed by atoms with Gasteiger partial charge in [0, 0.05) is 29.8 Å². The first-order valence-corrected chi connectivity index (χ1v) is 10.4. The van der Waals surface area contributed by atoms with Crippen molar-refractivity contribution in [2.75, 3.05) is 16.8 Å². The van der Waals surface area contributed by atoms with E-state index in [0.717, 1.165) is 16.9 Å². The first-order chi connectivity index (χ1) is 14.1. The molecule has 0 atom stereocenters. The van der Waals surface area contributed by atoms with E-state index in [2.05, 4.69) is 17.2 Å². The van der Waals surface area contributed by atoms with E-state index in [4.69, 9.17) is 11.6 Å². The largest absolute Gasteiger partial charge is 0.322 e. The van der Waals surface area contributed by atoms with Crippen LogP contribution in [0.2, 0.25) is 5.02 Å². The third kappa shape index (κ3) is 4.51. The van der Waals surface area contributed by atoms with E-state index in [1.807, 2.05) is 41.8 Å². The summed E-state index contributed by atoms with van der Waals surface area (Å²) < 4.78 is 0. The number of carbonyl (C=O) groups excluding carboxylic acids is 2. The average molecular weight is 421 g/mol. The Bertz CT molecular complexity index is 1130. The van der Waals surface area contributed by atoms with Gasteiger partial charge in [0.2, 0.25) is 5.91 Å². The molecule has 0 radical (unpaired) electrons. The van der Waals surface area contributed by atoms with E-state index < -0.39 is 0 Å². The molecule has 2 aromatic carbocycles. The van der Waals surface area contributed by atoms with Crippen LogP contribution in [0, 0.1) is 11.8 Å². The minimum absolute atomic E-state index is 0.0291. The molecule has 1 aliphatic rings. The molecule has 0 unspecified atom stereocenters. The van der Waals surface area contributed by atoms with Gasteiger partial charge in [-0.15, -0.1) is 11.3 Å². The van der Waals surface area contributed by atoms with Crippen molar-refractivity contribution < 1.29 is 9.59 Å². The molecule has 3 aromatic rings. The molecule has 0 saturated carbocycles. The summed E-state index contributed by atoms with van der Waals surface area (Å²) in [4.78, 5) is 27.4. The summed E-state index contributed by atoms with van der Waals surface area (Å²) in [5, 5.41) is 5.33. The highest BCUT2D eigenvalue weighted by Crippen LogP contribution is 2.30. The Kier molecular flexibility index (Phi) is 5.66. The maximum atomic E-state index is 12.7. The van der Waals surface area contributed by atoms with Gasteiger partial charge in [0.15, 0.2) is 0 Å². The molecule has 1 aromatic heterocycles. The molecule has 0 spiro atoms. The van der Waals surface area contributed by atoms with Gasteiger partial charge in [0.25, 0.3) is 5.91 Å². The first-order valence-electron chi connectivity index (χ1n) is 9.17. The van der Waals surface area contributed by atoms with Crippen molar-refractivity contribution in [1.29, 1.82) is 0 Å². The number of nitrogens with one attached hydrogen (secondary N) is 1. The van der Waals surface area contributed by atoms with Crippen LogP contribution in [-0.4, -0.2) is 18.4 Å². The molecule has 29 heavy (non-hydrogen) atoms. The lowest BCUT2D eigenvalue weighted by Gasteiger charge is -2.18. The molecule has 144 valence electrons. The van der Waals surface area contributed by atoms with Gasteiger partial charge in [-0.1, -0.05) is 35.6 Å². The number of hydrogen-bond acceptors (Lipinski definition) is 3. The fraction of sp³-hybridized carbons (Fsp3) is 0.130. The van der Waals surface area contributed by atoms with Gasteiger partial charge >= 0.3 is 0 Å². The van der Waals surface area contributed by atoms with Crippen LogP contribution in [0.4, 0.5) is 11.4 Å². The standard InChI is InChI=1S/C23H17ClN2O2S/c24-20-11-9-17(15-21(20)26-12-2-7-22(26)27)23(28)25-18-5-1-4-16(14-18)8-10-19-6-3-13-29-19/h1,3-6,9,11,13-15H,2,7,12H2,(H,25,28). The molecule has 4 nitrogen and oxygen atoms in total. The number of nitrogens with zero attached hydrogens (tertiary/aromatic N) is 1. The predicted molar refractivity (Wildman–Crippen MR) is 118 cm³/mol. The summed E-state index contributed by atoms with van der Waals surface area (Å²) >= 11 is 7.85. The highest BCUT2D eigenvalue weighted by Gasteiger charge is 2.24. The van der Waals surface area contributed by atoms with Gasteiger partial charge in [-0.25, -0.2) is 0 Å². The lowest BCUT2D eigenvalue weighted by molar-refractivity contribution is -0.117. The van der Waals surface area contributed by atoms with E-state index in [-0.39, 0.29) is 11.8 Å². The SMILES string of the molecule is O=C(Nc1cccc(C#Cc2cccs2)c1)c1ccc(Cl)c(N2CCCC2=O)c1. The molecular weight excluding hydrogens is 404 g/mol. The van der Waals surface area contributed by atoms with Crippen LogP contribution < -0.4 is 10.2 Å². The second kappa shape index (κ2) is 8.52. The van der Waals surface area contributed by atoms with Crippen molar-refractivity contribution in [2.45, 2.75) is 12.8 Å². The van der Waals surface area contributed by atoms with Crippen molar-refractivity contribution in [3.05, 3.63) is 81.0 Å². The number of amides is 2. The van der Waals surface area contributed by atoms with Crippen LogP contribution >= 0.6 is 22.9 Å². The van der Waals surface area contributed by atoms with Gasteiger partial charge < -0.3 is 10.2 Å². The van der Waals surface area contributed by atoms with Crippen LogP contribution in [0.5, 0.6) is 0 Å². The summed E-state index contributed by atoms with van der Waals surface area (Å²) in [5.74, 6) is 5.98. The van der Waals surface area contributed by atoms with E-state index in [0.29, 0.717) is 34.9 Å². The molecule has 2 amide bonds. The highest BCUT2D eigenvalue weighted by molar-refractivity contribution is 7.10. The topological polar surface area (TPSA) is 49.4 Å². The highest BCUT2D eigenvalue weighted by atomic mass is 35.5. The van der Waals surface area contributed by atoms with E-state index in [1.54, 1.807) is 34.4 Å². The molecule has 1 saturated heterocycles. The van der Waals surface area contributed by atoms with Crippen LogP contribution in [-0.2, 0) is 4.79 Å². The molecular formula is C23H17ClN2O2S. The molecule has 4 rings (SSSR count). The number of halogens is 1. The van der Waals surface area contributed by atoms with Crippen molar-refractivity contribution in [3.63, 3.8) is 0 Å². The second-order valence-electron chi connectivity index (χ2n) is 6.58. The summed E-state index contributed by atoms with van der Waals surface area (Å²) in [6, 6.07) is 16.3. The van der Waals surface area contributed by atoms with E-state index >= 15 is 0 Å². The monoisotopic (exact) mass is 420 g/mol. The number of benzene rings is 2. The minimum atomic E-state index is -0.266. The van der Waals surface area contributed by atoms with E-state index in [1.165, 1.54) is 0 Å². The zero-order chi connectivity index (χ0) is 20.2. The van der Waals surface area contributed by atoms with Gasteiger partial charge in [0.1, 0.15) is 0 Å². The lowest BCUT2D eigenvalue weighted by Crippen LogP contribution is -2.24. The zero-order valence-corrected chi connectivity index (χ0v) is 17.0. The van der Waals surface area contributed by atoms with Crippen LogP contribution in [0.15, 0.2) is 60.0 Å². The molecule has 1 N–H and O–H groups in total. The van der Waals surface area contributed by atoms with Crippen molar-refractivity contribution >= 4 is 46.1 Å². The van der Waals surface area contributed by atoms with Gasteiger partial charge in [-0.2, -0.15) is 0 Å². The fourth-order valence-electron chi connectivity index (χ4n) is 3.13. The summed E-state index contributed by atoms with van der Waals surface area (Å²) in [6.07, 6.45) is 1.30. The third-order valence-corrected chi connectivity index (χ3v) is 5.65. The van der Waals surface area contributed by atoms with Gasteiger partial charge in [-0.3, -0.25) is 9.59 Å².